The van der Waals surface area contributed by atoms with Crippen LogP contribution >= 0.6 is 11.6 Å². The van der Waals surface area contributed by atoms with Gasteiger partial charge in [-0.1, -0.05) is 53.7 Å². The van der Waals surface area contributed by atoms with Crippen LogP contribution in [0.2, 0.25) is 5.28 Å². The van der Waals surface area contributed by atoms with Gasteiger partial charge in [-0.2, -0.15) is 9.97 Å². The van der Waals surface area contributed by atoms with Crippen LogP contribution in [0, 0.1) is 5.82 Å². The monoisotopic (exact) mass is 448 g/mol. The SMILES string of the molecule is Fc1ccccc1CC(c1c[nH]nn1)n1cnc2c(NCc3ccccc3)nc(Cl)nc21. The first-order chi connectivity index (χ1) is 15.7. The van der Waals surface area contributed by atoms with Gasteiger partial charge in [-0.25, -0.2) is 9.37 Å². The molecule has 5 rings (SSSR count). The maximum atomic E-state index is 14.4. The van der Waals surface area contributed by atoms with E-state index in [-0.39, 0.29) is 11.1 Å². The van der Waals surface area contributed by atoms with Gasteiger partial charge in [0, 0.05) is 19.2 Å². The molecule has 8 nitrogen and oxygen atoms in total. The number of nitrogens with one attached hydrogen (secondary N) is 2. The summed E-state index contributed by atoms with van der Waals surface area (Å²) >= 11 is 6.25. The van der Waals surface area contributed by atoms with Gasteiger partial charge in [-0.15, -0.1) is 5.10 Å². The van der Waals surface area contributed by atoms with Crippen molar-refractivity contribution in [2.24, 2.45) is 0 Å². The minimum absolute atomic E-state index is 0.0830. The van der Waals surface area contributed by atoms with E-state index in [2.05, 4.69) is 35.7 Å². The van der Waals surface area contributed by atoms with Crippen molar-refractivity contribution < 1.29 is 4.39 Å². The molecular weight excluding hydrogens is 431 g/mol. The summed E-state index contributed by atoms with van der Waals surface area (Å²) in [6, 6.07) is 16.2. The van der Waals surface area contributed by atoms with Crippen LogP contribution in [0.1, 0.15) is 22.9 Å². The minimum atomic E-state index is -0.399. The van der Waals surface area contributed by atoms with E-state index < -0.39 is 6.04 Å². The zero-order valence-electron chi connectivity index (χ0n) is 16.8. The third kappa shape index (κ3) is 4.02. The average molecular weight is 449 g/mol. The summed E-state index contributed by atoms with van der Waals surface area (Å²) in [6.07, 6.45) is 3.65. The Balaban J connectivity index is 1.54. The van der Waals surface area contributed by atoms with Crippen molar-refractivity contribution in [3.05, 3.63) is 95.0 Å². The molecule has 0 aliphatic rings. The minimum Gasteiger partial charge on any atom is -0.364 e. The molecule has 0 amide bonds. The van der Waals surface area contributed by atoms with Gasteiger partial charge in [0.2, 0.25) is 5.28 Å². The van der Waals surface area contributed by atoms with Crippen LogP contribution < -0.4 is 5.32 Å². The Hall–Kier alpha value is -3.85. The highest BCUT2D eigenvalue weighted by Gasteiger charge is 2.23. The van der Waals surface area contributed by atoms with Crippen LogP contribution in [0.5, 0.6) is 0 Å². The van der Waals surface area contributed by atoms with Gasteiger partial charge in [-0.3, -0.25) is 5.10 Å². The molecule has 32 heavy (non-hydrogen) atoms. The van der Waals surface area contributed by atoms with Crippen molar-refractivity contribution >= 4 is 28.6 Å². The van der Waals surface area contributed by atoms with Crippen LogP contribution in [-0.2, 0) is 13.0 Å². The number of halogens is 2. The molecule has 0 fully saturated rings. The number of nitrogens with zero attached hydrogens (tertiary/aromatic N) is 6. The molecule has 0 bridgehead atoms. The summed E-state index contributed by atoms with van der Waals surface area (Å²) in [7, 11) is 0. The zero-order chi connectivity index (χ0) is 21.9. The van der Waals surface area contributed by atoms with Crippen molar-refractivity contribution in [3.63, 3.8) is 0 Å². The fraction of sp³-hybridized carbons (Fsp3) is 0.136. The van der Waals surface area contributed by atoms with Crippen molar-refractivity contribution in [1.82, 2.24) is 34.9 Å². The summed E-state index contributed by atoms with van der Waals surface area (Å²) < 4.78 is 16.2. The van der Waals surface area contributed by atoms with Gasteiger partial charge in [0.1, 0.15) is 11.5 Å². The number of aromatic amines is 1. The number of imidazole rings is 1. The highest BCUT2D eigenvalue weighted by molar-refractivity contribution is 6.28. The molecular formula is C22H18ClFN8. The number of rotatable bonds is 7. The maximum Gasteiger partial charge on any atom is 0.226 e. The molecule has 1 atom stereocenters. The predicted molar refractivity (Wildman–Crippen MR) is 119 cm³/mol. The van der Waals surface area contributed by atoms with Crippen molar-refractivity contribution in [3.8, 4) is 0 Å². The van der Waals surface area contributed by atoms with Gasteiger partial charge in [-0.05, 0) is 28.8 Å². The standard InChI is InChI=1S/C22H18ClFN8/c23-22-28-20(25-11-14-6-2-1-3-7-14)19-21(29-22)32(13-26-19)18(17-12-27-31-30-17)10-15-8-4-5-9-16(15)24/h1-9,12-13,18H,10-11H2,(H,25,28,29)(H,27,30,31). The molecule has 0 aliphatic carbocycles. The van der Waals surface area contributed by atoms with E-state index in [0.29, 0.717) is 41.2 Å². The predicted octanol–water partition coefficient (Wildman–Crippen LogP) is 4.18. The van der Waals surface area contributed by atoms with E-state index in [9.17, 15) is 4.39 Å². The first-order valence-corrected chi connectivity index (χ1v) is 10.3. The fourth-order valence-electron chi connectivity index (χ4n) is 3.61. The van der Waals surface area contributed by atoms with E-state index >= 15 is 0 Å². The van der Waals surface area contributed by atoms with E-state index in [1.54, 1.807) is 30.7 Å². The van der Waals surface area contributed by atoms with E-state index in [1.165, 1.54) is 6.07 Å². The van der Waals surface area contributed by atoms with E-state index in [4.69, 9.17) is 11.6 Å². The molecule has 1 unspecified atom stereocenters. The number of H-pyrrole nitrogens is 1. The Morgan fingerprint density at radius 1 is 1.06 bits per heavy atom. The average Bonchev–Trinajstić information content (AvgIpc) is 3.48. The molecule has 0 saturated heterocycles. The lowest BCUT2D eigenvalue weighted by atomic mass is 10.0. The van der Waals surface area contributed by atoms with Gasteiger partial charge in [0.05, 0.1) is 12.4 Å². The highest BCUT2D eigenvalue weighted by Crippen LogP contribution is 2.29. The molecule has 3 aromatic heterocycles. The van der Waals surface area contributed by atoms with Crippen LogP contribution in [0.15, 0.2) is 67.1 Å². The first kappa shape index (κ1) is 20.1. The van der Waals surface area contributed by atoms with Crippen molar-refractivity contribution in [2.45, 2.75) is 19.0 Å². The second-order valence-electron chi connectivity index (χ2n) is 7.21. The first-order valence-electron chi connectivity index (χ1n) is 9.96. The van der Waals surface area contributed by atoms with E-state index in [1.807, 2.05) is 34.9 Å². The zero-order valence-corrected chi connectivity index (χ0v) is 17.5. The van der Waals surface area contributed by atoms with Crippen LogP contribution in [0.3, 0.4) is 0 Å². The van der Waals surface area contributed by atoms with Gasteiger partial charge < -0.3 is 9.88 Å². The molecule has 5 aromatic rings. The Morgan fingerprint density at radius 2 is 1.88 bits per heavy atom. The molecule has 0 aliphatic heterocycles. The third-order valence-electron chi connectivity index (χ3n) is 5.18. The molecule has 10 heteroatoms. The smallest absolute Gasteiger partial charge is 0.226 e. The Bertz CT molecular complexity index is 1340. The number of aromatic nitrogens is 7. The molecule has 160 valence electrons. The number of hydrogen-bond donors (Lipinski definition) is 2. The largest absolute Gasteiger partial charge is 0.364 e. The van der Waals surface area contributed by atoms with E-state index in [0.717, 1.165) is 5.56 Å². The summed E-state index contributed by atoms with van der Waals surface area (Å²) in [5.74, 6) is 0.232. The fourth-order valence-corrected chi connectivity index (χ4v) is 3.78. The molecule has 0 saturated carbocycles. The number of hydrogen-bond acceptors (Lipinski definition) is 6. The number of anilines is 1. The topological polar surface area (TPSA) is 97.2 Å². The number of fused-ring (bicyclic) bond motifs is 1. The summed E-state index contributed by atoms with van der Waals surface area (Å²) in [5, 5.41) is 14.1. The highest BCUT2D eigenvalue weighted by atomic mass is 35.5. The molecule has 2 N–H and O–H groups in total. The second kappa shape index (κ2) is 8.72. The second-order valence-corrected chi connectivity index (χ2v) is 7.55. The van der Waals surface area contributed by atoms with Crippen molar-refractivity contribution in [1.29, 1.82) is 0 Å². The molecule has 0 spiro atoms. The van der Waals surface area contributed by atoms with Crippen LogP contribution in [-0.4, -0.2) is 34.9 Å². The summed E-state index contributed by atoms with van der Waals surface area (Å²) in [5.41, 5.74) is 3.35. The Kier molecular flexibility index (Phi) is 5.47. The van der Waals surface area contributed by atoms with Crippen molar-refractivity contribution in [2.75, 3.05) is 5.32 Å². The quantitative estimate of drug-likeness (QED) is 0.362. The summed E-state index contributed by atoms with van der Waals surface area (Å²) in [4.78, 5) is 13.3. The normalized spacial score (nSPS) is 12.2. The van der Waals surface area contributed by atoms with Gasteiger partial charge in [0.15, 0.2) is 17.0 Å². The number of benzene rings is 2. The van der Waals surface area contributed by atoms with Gasteiger partial charge in [0.25, 0.3) is 0 Å². The summed E-state index contributed by atoms with van der Waals surface area (Å²) in [6.45, 7) is 0.554. The molecule has 2 aromatic carbocycles. The molecule has 3 heterocycles. The third-order valence-corrected chi connectivity index (χ3v) is 5.35. The maximum absolute atomic E-state index is 14.4. The lowest BCUT2D eigenvalue weighted by molar-refractivity contribution is 0.544. The Morgan fingerprint density at radius 3 is 2.66 bits per heavy atom. The van der Waals surface area contributed by atoms with Crippen LogP contribution in [0.25, 0.3) is 11.2 Å². The lowest BCUT2D eigenvalue weighted by Crippen LogP contribution is -2.15. The Labute approximate surface area is 187 Å². The lowest BCUT2D eigenvalue weighted by Gasteiger charge is -2.17. The molecule has 0 radical (unpaired) electrons. The van der Waals surface area contributed by atoms with Crippen LogP contribution in [0.4, 0.5) is 10.2 Å². The van der Waals surface area contributed by atoms with Gasteiger partial charge >= 0.3 is 0 Å².